The lowest BCUT2D eigenvalue weighted by molar-refractivity contribution is 0.414. The van der Waals surface area contributed by atoms with Gasteiger partial charge in [0.05, 0.1) is 13.2 Å². The van der Waals surface area contributed by atoms with Gasteiger partial charge in [0.1, 0.15) is 11.6 Å². The van der Waals surface area contributed by atoms with Crippen LogP contribution in [0.1, 0.15) is 24.1 Å². The van der Waals surface area contributed by atoms with Crippen LogP contribution in [0.15, 0.2) is 42.5 Å². The Morgan fingerprint density at radius 2 is 1.90 bits per heavy atom. The fourth-order valence-corrected chi connectivity index (χ4v) is 2.93. The van der Waals surface area contributed by atoms with Gasteiger partial charge in [-0.1, -0.05) is 25.1 Å². The lowest BCUT2D eigenvalue weighted by Crippen LogP contribution is -2.22. The largest absolute Gasteiger partial charge is 0.497 e. The van der Waals surface area contributed by atoms with Crippen LogP contribution in [0.4, 0.5) is 4.39 Å². The topological polar surface area (TPSA) is 21.3 Å². The summed E-state index contributed by atoms with van der Waals surface area (Å²) >= 11 is 2.18. The summed E-state index contributed by atoms with van der Waals surface area (Å²) in [6.45, 7) is 2.90. The van der Waals surface area contributed by atoms with Crippen molar-refractivity contribution < 1.29 is 9.13 Å². The molecule has 2 aromatic rings. The number of nitrogens with one attached hydrogen (secondary N) is 1. The number of benzene rings is 2. The van der Waals surface area contributed by atoms with Crippen LogP contribution < -0.4 is 10.1 Å². The van der Waals surface area contributed by atoms with Gasteiger partial charge in [-0.3, -0.25) is 0 Å². The molecule has 2 nitrogen and oxygen atoms in total. The van der Waals surface area contributed by atoms with Gasteiger partial charge in [0.15, 0.2) is 0 Å². The van der Waals surface area contributed by atoms with Crippen molar-refractivity contribution in [3.05, 3.63) is 63.0 Å². The van der Waals surface area contributed by atoms with E-state index in [-0.39, 0.29) is 11.9 Å². The van der Waals surface area contributed by atoms with Crippen LogP contribution in [-0.4, -0.2) is 13.7 Å². The Labute approximate surface area is 132 Å². The van der Waals surface area contributed by atoms with E-state index in [0.717, 1.165) is 27.0 Å². The van der Waals surface area contributed by atoms with Gasteiger partial charge < -0.3 is 10.1 Å². The van der Waals surface area contributed by atoms with E-state index >= 15 is 0 Å². The molecule has 1 N–H and O–H groups in total. The van der Waals surface area contributed by atoms with Crippen molar-refractivity contribution in [2.24, 2.45) is 0 Å². The summed E-state index contributed by atoms with van der Waals surface area (Å²) in [6.07, 6.45) is 0. The first-order chi connectivity index (χ1) is 9.65. The molecule has 20 heavy (non-hydrogen) atoms. The number of hydrogen-bond acceptors (Lipinski definition) is 2. The van der Waals surface area contributed by atoms with E-state index in [1.165, 1.54) is 6.07 Å². The highest BCUT2D eigenvalue weighted by atomic mass is 127. The van der Waals surface area contributed by atoms with Gasteiger partial charge in [0.2, 0.25) is 0 Å². The lowest BCUT2D eigenvalue weighted by atomic mass is 9.98. The van der Waals surface area contributed by atoms with Crippen molar-refractivity contribution in [2.45, 2.75) is 13.0 Å². The second-order valence-electron chi connectivity index (χ2n) is 4.43. The van der Waals surface area contributed by atoms with Gasteiger partial charge in [0.25, 0.3) is 0 Å². The minimum atomic E-state index is -0.205. The van der Waals surface area contributed by atoms with E-state index in [1.807, 2.05) is 30.3 Å². The number of methoxy groups -OCH3 is 1. The standard InChI is InChI=1S/C16H17FINO/c1-3-19-16(11-4-7-13(20-2)8-5-11)14-9-6-12(17)10-15(14)18/h4-10,16,19H,3H2,1-2H3. The summed E-state index contributed by atoms with van der Waals surface area (Å²) in [5.41, 5.74) is 2.22. The first-order valence-electron chi connectivity index (χ1n) is 6.48. The second kappa shape index (κ2) is 7.04. The molecule has 4 heteroatoms. The summed E-state index contributed by atoms with van der Waals surface area (Å²) < 4.78 is 19.4. The average molecular weight is 385 g/mol. The zero-order chi connectivity index (χ0) is 14.5. The van der Waals surface area contributed by atoms with E-state index < -0.39 is 0 Å². The van der Waals surface area contributed by atoms with Gasteiger partial charge in [-0.05, 0) is 64.5 Å². The molecule has 2 rings (SSSR count). The summed E-state index contributed by atoms with van der Waals surface area (Å²) in [5.74, 6) is 0.626. The van der Waals surface area contributed by atoms with Crippen LogP contribution in [0.25, 0.3) is 0 Å². The molecule has 0 saturated heterocycles. The molecule has 0 heterocycles. The third kappa shape index (κ3) is 3.49. The first kappa shape index (κ1) is 15.3. The number of hydrogen-bond donors (Lipinski definition) is 1. The third-order valence-corrected chi connectivity index (χ3v) is 4.07. The van der Waals surface area contributed by atoms with Crippen molar-refractivity contribution in [3.63, 3.8) is 0 Å². The molecule has 0 aliphatic carbocycles. The minimum Gasteiger partial charge on any atom is -0.497 e. The van der Waals surface area contributed by atoms with Crippen molar-refractivity contribution in [3.8, 4) is 5.75 Å². The molecule has 0 aliphatic heterocycles. The summed E-state index contributed by atoms with van der Waals surface area (Å²) in [6, 6.07) is 12.9. The van der Waals surface area contributed by atoms with E-state index in [0.29, 0.717) is 0 Å². The van der Waals surface area contributed by atoms with Crippen LogP contribution >= 0.6 is 22.6 Å². The van der Waals surface area contributed by atoms with Crippen LogP contribution in [-0.2, 0) is 0 Å². The second-order valence-corrected chi connectivity index (χ2v) is 5.59. The molecular formula is C16H17FINO. The fourth-order valence-electron chi connectivity index (χ4n) is 2.14. The van der Waals surface area contributed by atoms with E-state index in [1.54, 1.807) is 13.2 Å². The van der Waals surface area contributed by atoms with E-state index in [2.05, 4.69) is 34.8 Å². The number of rotatable bonds is 5. The molecule has 0 aromatic heterocycles. The summed E-state index contributed by atoms with van der Waals surface area (Å²) in [7, 11) is 1.65. The van der Waals surface area contributed by atoms with Gasteiger partial charge in [0, 0.05) is 3.57 Å². The summed E-state index contributed by atoms with van der Waals surface area (Å²) in [4.78, 5) is 0. The molecule has 0 fully saturated rings. The molecule has 0 bridgehead atoms. The van der Waals surface area contributed by atoms with Gasteiger partial charge >= 0.3 is 0 Å². The maximum Gasteiger partial charge on any atom is 0.124 e. The Balaban J connectivity index is 2.38. The Kier molecular flexibility index (Phi) is 5.37. The average Bonchev–Trinajstić information content (AvgIpc) is 2.46. The maximum absolute atomic E-state index is 13.3. The molecule has 1 unspecified atom stereocenters. The number of halogens is 2. The molecule has 2 aromatic carbocycles. The van der Waals surface area contributed by atoms with Crippen molar-refractivity contribution in [1.29, 1.82) is 0 Å². The molecular weight excluding hydrogens is 368 g/mol. The van der Waals surface area contributed by atoms with Crippen molar-refractivity contribution >= 4 is 22.6 Å². The molecule has 106 valence electrons. The molecule has 0 spiro atoms. The van der Waals surface area contributed by atoms with Gasteiger partial charge in [-0.15, -0.1) is 0 Å². The molecule has 0 aliphatic rings. The first-order valence-corrected chi connectivity index (χ1v) is 7.56. The lowest BCUT2D eigenvalue weighted by Gasteiger charge is -2.20. The zero-order valence-electron chi connectivity index (χ0n) is 11.5. The molecule has 0 saturated carbocycles. The Bertz CT molecular complexity index is 571. The Morgan fingerprint density at radius 3 is 2.45 bits per heavy atom. The molecule has 0 amide bonds. The SMILES string of the molecule is CCNC(c1ccc(OC)cc1)c1ccc(F)cc1I. The van der Waals surface area contributed by atoms with Crippen LogP contribution in [0.3, 0.4) is 0 Å². The minimum absolute atomic E-state index is 0.0541. The zero-order valence-corrected chi connectivity index (χ0v) is 13.6. The smallest absolute Gasteiger partial charge is 0.124 e. The van der Waals surface area contributed by atoms with Crippen molar-refractivity contribution in [1.82, 2.24) is 5.32 Å². The highest BCUT2D eigenvalue weighted by molar-refractivity contribution is 14.1. The van der Waals surface area contributed by atoms with Gasteiger partial charge in [-0.25, -0.2) is 4.39 Å². The van der Waals surface area contributed by atoms with Crippen LogP contribution in [0, 0.1) is 9.39 Å². The van der Waals surface area contributed by atoms with Crippen LogP contribution in [0.2, 0.25) is 0 Å². The number of ether oxygens (including phenoxy) is 1. The monoisotopic (exact) mass is 385 g/mol. The predicted octanol–water partition coefficient (Wildman–Crippen LogP) is 4.14. The predicted molar refractivity (Wildman–Crippen MR) is 87.6 cm³/mol. The highest BCUT2D eigenvalue weighted by Crippen LogP contribution is 2.28. The summed E-state index contributed by atoms with van der Waals surface area (Å²) in [5, 5.41) is 3.44. The van der Waals surface area contributed by atoms with Crippen LogP contribution in [0.5, 0.6) is 5.75 Å². The van der Waals surface area contributed by atoms with Gasteiger partial charge in [-0.2, -0.15) is 0 Å². The van der Waals surface area contributed by atoms with Crippen molar-refractivity contribution in [2.75, 3.05) is 13.7 Å². The highest BCUT2D eigenvalue weighted by Gasteiger charge is 2.16. The fraction of sp³-hybridized carbons (Fsp3) is 0.250. The van der Waals surface area contributed by atoms with E-state index in [4.69, 9.17) is 4.74 Å². The quantitative estimate of drug-likeness (QED) is 0.782. The normalized spacial score (nSPS) is 12.2. The maximum atomic E-state index is 13.3. The Hall–Kier alpha value is -1.14. The van der Waals surface area contributed by atoms with E-state index in [9.17, 15) is 4.39 Å². The third-order valence-electron chi connectivity index (χ3n) is 3.13. The Morgan fingerprint density at radius 1 is 1.20 bits per heavy atom. The molecule has 0 radical (unpaired) electrons. The molecule has 1 atom stereocenters.